The number of aromatic amines is 1. The lowest BCUT2D eigenvalue weighted by Crippen LogP contribution is -2.15. The third-order valence-corrected chi connectivity index (χ3v) is 3.25. The van der Waals surface area contributed by atoms with Gasteiger partial charge in [-0.25, -0.2) is 4.79 Å². The van der Waals surface area contributed by atoms with Gasteiger partial charge in [-0.3, -0.25) is 9.78 Å². The molecule has 0 aromatic carbocycles. The Labute approximate surface area is 113 Å². The van der Waals surface area contributed by atoms with Crippen LogP contribution in [0.4, 0.5) is 0 Å². The summed E-state index contributed by atoms with van der Waals surface area (Å²) in [6.45, 7) is 1.85. The van der Waals surface area contributed by atoms with Crippen LogP contribution < -0.4 is 16.0 Å². The highest BCUT2D eigenvalue weighted by molar-refractivity contribution is 5.88. The minimum atomic E-state index is -0.538. The number of oxime groups is 1. The Morgan fingerprint density at radius 2 is 2.25 bits per heavy atom. The molecular weight excluding hydrogens is 262 g/mol. The summed E-state index contributed by atoms with van der Waals surface area (Å²) in [6.07, 6.45) is 3.42. The van der Waals surface area contributed by atoms with Crippen LogP contribution in [0, 0.1) is 0 Å². The van der Waals surface area contributed by atoms with Gasteiger partial charge in [0, 0.05) is 6.07 Å². The van der Waals surface area contributed by atoms with Gasteiger partial charge in [0.2, 0.25) is 5.71 Å². The van der Waals surface area contributed by atoms with Crippen molar-refractivity contribution in [3.8, 4) is 6.01 Å². The zero-order valence-corrected chi connectivity index (χ0v) is 10.9. The van der Waals surface area contributed by atoms with Crippen molar-refractivity contribution in [1.82, 2.24) is 9.97 Å². The van der Waals surface area contributed by atoms with E-state index in [1.165, 1.54) is 6.07 Å². The maximum Gasteiger partial charge on any atom is 0.337 e. The van der Waals surface area contributed by atoms with E-state index < -0.39 is 11.2 Å². The lowest BCUT2D eigenvalue weighted by molar-refractivity contribution is 0.306. The number of rotatable bonds is 3. The number of aromatic nitrogens is 2. The first-order valence-corrected chi connectivity index (χ1v) is 6.47. The van der Waals surface area contributed by atoms with Crippen LogP contribution in [0.3, 0.4) is 0 Å². The standard InChI is InChI=1S/C13H13N3O4/c1-2-7-6-9(17)19-12-10(7)11(18)14-13(15-12)20-16-8-4-3-5-8/h6H,2-5H2,1H3,(H,14,15,18). The molecule has 0 saturated heterocycles. The van der Waals surface area contributed by atoms with Crippen LogP contribution in [0.2, 0.25) is 0 Å². The Balaban J connectivity index is 2.09. The third-order valence-electron chi connectivity index (χ3n) is 3.25. The van der Waals surface area contributed by atoms with Crippen LogP contribution in [0.15, 0.2) is 25.2 Å². The molecule has 2 heterocycles. The van der Waals surface area contributed by atoms with E-state index in [0.29, 0.717) is 12.0 Å². The number of fused-ring (bicyclic) bond motifs is 1. The van der Waals surface area contributed by atoms with Crippen molar-refractivity contribution in [2.75, 3.05) is 0 Å². The largest absolute Gasteiger partial charge is 0.403 e. The average molecular weight is 275 g/mol. The minimum Gasteiger partial charge on any atom is -0.403 e. The molecule has 0 aliphatic heterocycles. The van der Waals surface area contributed by atoms with Crippen molar-refractivity contribution < 1.29 is 9.25 Å². The highest BCUT2D eigenvalue weighted by atomic mass is 16.6. The fourth-order valence-electron chi connectivity index (χ4n) is 1.99. The van der Waals surface area contributed by atoms with Gasteiger partial charge in [0.05, 0.1) is 5.71 Å². The van der Waals surface area contributed by atoms with Gasteiger partial charge in [0.15, 0.2) is 0 Å². The smallest absolute Gasteiger partial charge is 0.337 e. The molecule has 104 valence electrons. The Bertz CT molecular complexity index is 797. The van der Waals surface area contributed by atoms with Gasteiger partial charge in [0.25, 0.3) is 5.56 Å². The summed E-state index contributed by atoms with van der Waals surface area (Å²) in [4.78, 5) is 35.0. The fraction of sp³-hybridized carbons (Fsp3) is 0.385. The summed E-state index contributed by atoms with van der Waals surface area (Å²) in [5.74, 6) is 0. The Hall–Kier alpha value is -2.44. The van der Waals surface area contributed by atoms with Crippen LogP contribution in [0.5, 0.6) is 6.01 Å². The lowest BCUT2D eigenvalue weighted by Gasteiger charge is -2.12. The second-order valence-electron chi connectivity index (χ2n) is 4.60. The molecule has 0 spiro atoms. The van der Waals surface area contributed by atoms with Gasteiger partial charge in [-0.05, 0) is 31.2 Å². The Morgan fingerprint density at radius 1 is 1.45 bits per heavy atom. The first-order chi connectivity index (χ1) is 9.67. The number of hydrogen-bond donors (Lipinski definition) is 1. The van der Waals surface area contributed by atoms with Crippen molar-refractivity contribution in [2.45, 2.75) is 32.6 Å². The van der Waals surface area contributed by atoms with Gasteiger partial charge in [-0.15, -0.1) is 0 Å². The first-order valence-electron chi connectivity index (χ1n) is 6.47. The molecule has 7 nitrogen and oxygen atoms in total. The second kappa shape index (κ2) is 4.92. The fourth-order valence-corrected chi connectivity index (χ4v) is 1.99. The molecule has 2 aromatic heterocycles. The summed E-state index contributed by atoms with van der Waals surface area (Å²) in [5.41, 5.74) is 0.559. The molecule has 0 amide bonds. The molecule has 1 fully saturated rings. The van der Waals surface area contributed by atoms with E-state index >= 15 is 0 Å². The van der Waals surface area contributed by atoms with E-state index in [4.69, 9.17) is 9.25 Å². The summed E-state index contributed by atoms with van der Waals surface area (Å²) >= 11 is 0. The summed E-state index contributed by atoms with van der Waals surface area (Å²) in [5, 5.41) is 4.15. The quantitative estimate of drug-likeness (QED) is 0.853. The van der Waals surface area contributed by atoms with Crippen LogP contribution in [0.25, 0.3) is 11.1 Å². The van der Waals surface area contributed by atoms with Gasteiger partial charge < -0.3 is 9.25 Å². The minimum absolute atomic E-state index is 0.0260. The van der Waals surface area contributed by atoms with Crippen LogP contribution in [-0.2, 0) is 6.42 Å². The molecule has 1 aliphatic carbocycles. The highest BCUT2D eigenvalue weighted by Crippen LogP contribution is 2.16. The molecule has 7 heteroatoms. The van der Waals surface area contributed by atoms with Gasteiger partial charge in [-0.1, -0.05) is 12.1 Å². The lowest BCUT2D eigenvalue weighted by atomic mass is 9.98. The van der Waals surface area contributed by atoms with E-state index in [0.717, 1.165) is 25.0 Å². The Morgan fingerprint density at radius 3 is 2.90 bits per heavy atom. The summed E-state index contributed by atoms with van der Waals surface area (Å²) < 4.78 is 4.96. The van der Waals surface area contributed by atoms with Crippen molar-refractivity contribution in [3.05, 3.63) is 32.4 Å². The third kappa shape index (κ3) is 2.22. The number of H-pyrrole nitrogens is 1. The van der Waals surface area contributed by atoms with E-state index in [2.05, 4.69) is 15.1 Å². The summed E-state index contributed by atoms with van der Waals surface area (Å²) in [6, 6.07) is 1.23. The van der Waals surface area contributed by atoms with Gasteiger partial charge >= 0.3 is 11.6 Å². The normalized spacial score (nSPS) is 14.2. The topological polar surface area (TPSA) is 97.5 Å². The molecule has 1 N–H and O–H groups in total. The molecule has 0 radical (unpaired) electrons. The highest BCUT2D eigenvalue weighted by Gasteiger charge is 2.14. The van der Waals surface area contributed by atoms with Crippen molar-refractivity contribution >= 4 is 16.8 Å². The Kier molecular flexibility index (Phi) is 3.09. The van der Waals surface area contributed by atoms with E-state index in [1.807, 2.05) is 6.92 Å². The molecular formula is C13H13N3O4. The zero-order chi connectivity index (χ0) is 14.1. The van der Waals surface area contributed by atoms with Crippen LogP contribution >= 0.6 is 0 Å². The number of nitrogens with zero attached hydrogens (tertiary/aromatic N) is 2. The van der Waals surface area contributed by atoms with E-state index in [-0.39, 0.29) is 17.1 Å². The first kappa shape index (κ1) is 12.6. The van der Waals surface area contributed by atoms with Crippen LogP contribution in [-0.4, -0.2) is 15.7 Å². The maximum absolute atomic E-state index is 12.0. The second-order valence-corrected chi connectivity index (χ2v) is 4.60. The SMILES string of the molecule is CCc1cc(=O)oc2nc(ON=C3CCC3)[nH]c(=O)c12. The molecule has 1 aliphatic rings. The average Bonchev–Trinajstić information content (AvgIpc) is 2.35. The van der Waals surface area contributed by atoms with E-state index in [9.17, 15) is 9.59 Å². The molecule has 0 unspecified atom stereocenters. The van der Waals surface area contributed by atoms with Crippen LogP contribution in [0.1, 0.15) is 31.7 Å². The van der Waals surface area contributed by atoms with Crippen molar-refractivity contribution in [3.63, 3.8) is 0 Å². The van der Waals surface area contributed by atoms with Gasteiger partial charge in [0.1, 0.15) is 5.39 Å². The molecule has 3 rings (SSSR count). The molecule has 20 heavy (non-hydrogen) atoms. The number of aryl methyl sites for hydroxylation is 1. The molecule has 2 aromatic rings. The van der Waals surface area contributed by atoms with Gasteiger partial charge in [-0.2, -0.15) is 4.98 Å². The van der Waals surface area contributed by atoms with Crippen molar-refractivity contribution in [2.24, 2.45) is 5.16 Å². The summed E-state index contributed by atoms with van der Waals surface area (Å²) in [7, 11) is 0. The molecule has 0 bridgehead atoms. The molecule has 1 saturated carbocycles. The van der Waals surface area contributed by atoms with Crippen molar-refractivity contribution in [1.29, 1.82) is 0 Å². The monoisotopic (exact) mass is 275 g/mol. The number of hydrogen-bond acceptors (Lipinski definition) is 6. The molecule has 0 atom stereocenters. The number of nitrogens with one attached hydrogen (secondary N) is 1. The zero-order valence-electron chi connectivity index (χ0n) is 10.9. The predicted molar refractivity (Wildman–Crippen MR) is 72.2 cm³/mol. The predicted octanol–water partition coefficient (Wildman–Crippen LogP) is 1.36. The maximum atomic E-state index is 12.0. The van der Waals surface area contributed by atoms with E-state index in [1.54, 1.807) is 0 Å².